The minimum atomic E-state index is -4.68. The van der Waals surface area contributed by atoms with Gasteiger partial charge in [-0.3, -0.25) is 0 Å². The Morgan fingerprint density at radius 1 is 1.21 bits per heavy atom. The molecule has 1 unspecified atom stereocenters. The molecule has 2 aliphatic heterocycles. The van der Waals surface area contributed by atoms with Crippen LogP contribution in [0.15, 0.2) is 18.2 Å². The predicted molar refractivity (Wildman–Crippen MR) is 77.5 cm³/mol. The molecule has 2 aliphatic rings. The molecule has 10 heteroatoms. The molecule has 1 aromatic carbocycles. The molecule has 0 amide bonds. The zero-order chi connectivity index (χ0) is 17.7. The number of rotatable bonds is 1. The van der Waals surface area contributed by atoms with Gasteiger partial charge in [-0.15, -0.1) is 0 Å². The Kier molecular flexibility index (Phi) is 4.01. The summed E-state index contributed by atoms with van der Waals surface area (Å²) in [6.45, 7) is -1.32. The number of ether oxygens (including phenoxy) is 1. The highest BCUT2D eigenvalue weighted by molar-refractivity contribution is 6.24. The standard InChI is InChI=1S/C14H11ClF6N2O/c15-12-4-8(14(19,20)21)7-3-10-11(5-9(7)22-12)24-2-1-23(10)6-13(16,17)18/h3-5,12,22H,1-2,6H2. The Morgan fingerprint density at radius 3 is 2.54 bits per heavy atom. The van der Waals surface area contributed by atoms with Crippen molar-refractivity contribution in [1.82, 2.24) is 0 Å². The van der Waals surface area contributed by atoms with E-state index in [1.807, 2.05) is 0 Å². The fourth-order valence-corrected chi connectivity index (χ4v) is 2.96. The average Bonchev–Trinajstić information content (AvgIpc) is 2.42. The van der Waals surface area contributed by atoms with E-state index in [1.54, 1.807) is 0 Å². The average molecular weight is 373 g/mol. The van der Waals surface area contributed by atoms with Crippen LogP contribution in [0.3, 0.4) is 0 Å². The summed E-state index contributed by atoms with van der Waals surface area (Å²) >= 11 is 5.76. The Morgan fingerprint density at radius 2 is 1.92 bits per heavy atom. The van der Waals surface area contributed by atoms with Gasteiger partial charge in [0.15, 0.2) is 0 Å². The quantitative estimate of drug-likeness (QED) is 0.450. The van der Waals surface area contributed by atoms with Crippen LogP contribution in [-0.2, 0) is 0 Å². The lowest BCUT2D eigenvalue weighted by Gasteiger charge is -2.34. The topological polar surface area (TPSA) is 24.5 Å². The molecule has 3 rings (SSSR count). The van der Waals surface area contributed by atoms with Crippen molar-refractivity contribution in [2.75, 3.05) is 29.9 Å². The lowest BCUT2D eigenvalue weighted by atomic mass is 9.98. The molecule has 1 N–H and O–H groups in total. The second-order valence-corrected chi connectivity index (χ2v) is 5.85. The number of anilines is 2. The van der Waals surface area contributed by atoms with Crippen molar-refractivity contribution in [3.05, 3.63) is 23.8 Å². The van der Waals surface area contributed by atoms with Crippen LogP contribution in [-0.4, -0.2) is 37.6 Å². The molecule has 1 atom stereocenters. The maximum Gasteiger partial charge on any atom is 0.416 e. The summed E-state index contributed by atoms with van der Waals surface area (Å²) in [5, 5.41) is 2.64. The van der Waals surface area contributed by atoms with Crippen molar-refractivity contribution in [3.8, 4) is 5.75 Å². The summed E-state index contributed by atoms with van der Waals surface area (Å²) in [7, 11) is 0. The largest absolute Gasteiger partial charge is 0.489 e. The summed E-state index contributed by atoms with van der Waals surface area (Å²) in [6.07, 6.45) is -8.37. The van der Waals surface area contributed by atoms with E-state index in [9.17, 15) is 26.3 Å². The molecule has 132 valence electrons. The van der Waals surface area contributed by atoms with Gasteiger partial charge in [0.2, 0.25) is 0 Å². The highest BCUT2D eigenvalue weighted by Gasteiger charge is 2.40. The lowest BCUT2D eigenvalue weighted by Crippen LogP contribution is -2.40. The van der Waals surface area contributed by atoms with Crippen LogP contribution >= 0.6 is 11.6 Å². The third-order valence-corrected chi connectivity index (χ3v) is 3.87. The van der Waals surface area contributed by atoms with Crippen molar-refractivity contribution in [2.24, 2.45) is 0 Å². The molecule has 0 saturated carbocycles. The molecule has 0 bridgehead atoms. The number of benzene rings is 1. The minimum absolute atomic E-state index is 0.00807. The third-order valence-electron chi connectivity index (χ3n) is 3.63. The molecule has 0 fully saturated rings. The van der Waals surface area contributed by atoms with E-state index in [0.717, 1.165) is 17.0 Å². The Hall–Kier alpha value is -1.77. The molecule has 2 heterocycles. The fraction of sp³-hybridized carbons (Fsp3) is 0.429. The number of allylic oxidation sites excluding steroid dienone is 1. The second kappa shape index (κ2) is 5.65. The molecule has 0 aromatic heterocycles. The van der Waals surface area contributed by atoms with E-state index < -0.39 is 30.0 Å². The van der Waals surface area contributed by atoms with Crippen LogP contribution in [0.2, 0.25) is 0 Å². The van der Waals surface area contributed by atoms with Crippen LogP contribution in [0.4, 0.5) is 37.7 Å². The fourth-order valence-electron chi connectivity index (χ4n) is 2.71. The second-order valence-electron chi connectivity index (χ2n) is 5.37. The molecular formula is C14H11ClF6N2O. The van der Waals surface area contributed by atoms with Crippen LogP contribution in [0.1, 0.15) is 5.56 Å². The van der Waals surface area contributed by atoms with Gasteiger partial charge >= 0.3 is 12.4 Å². The van der Waals surface area contributed by atoms with Gasteiger partial charge in [-0.25, -0.2) is 0 Å². The van der Waals surface area contributed by atoms with Crippen molar-refractivity contribution in [2.45, 2.75) is 17.9 Å². The number of nitrogens with one attached hydrogen (secondary N) is 1. The van der Waals surface area contributed by atoms with E-state index in [0.29, 0.717) is 0 Å². The number of hydrogen-bond acceptors (Lipinski definition) is 3. The Labute approximate surface area is 137 Å². The molecular weight excluding hydrogens is 362 g/mol. The zero-order valence-corrected chi connectivity index (χ0v) is 12.7. The van der Waals surface area contributed by atoms with Crippen LogP contribution in [0.5, 0.6) is 5.75 Å². The van der Waals surface area contributed by atoms with Crippen molar-refractivity contribution >= 4 is 28.5 Å². The number of fused-ring (bicyclic) bond motifs is 2. The van der Waals surface area contributed by atoms with Crippen LogP contribution in [0, 0.1) is 0 Å². The third kappa shape index (κ3) is 3.35. The maximum atomic E-state index is 13.2. The van der Waals surface area contributed by atoms with Gasteiger partial charge in [0.05, 0.1) is 17.8 Å². The maximum absolute atomic E-state index is 13.2. The van der Waals surface area contributed by atoms with Gasteiger partial charge < -0.3 is 15.0 Å². The molecule has 24 heavy (non-hydrogen) atoms. The Balaban J connectivity index is 2.08. The monoisotopic (exact) mass is 372 g/mol. The predicted octanol–water partition coefficient (Wildman–Crippen LogP) is 4.38. The lowest BCUT2D eigenvalue weighted by molar-refractivity contribution is -0.120. The van der Waals surface area contributed by atoms with Gasteiger partial charge in [0.25, 0.3) is 0 Å². The first-order valence-corrected chi connectivity index (χ1v) is 7.31. The van der Waals surface area contributed by atoms with E-state index >= 15 is 0 Å². The van der Waals surface area contributed by atoms with E-state index in [4.69, 9.17) is 16.3 Å². The molecule has 0 radical (unpaired) electrons. The minimum Gasteiger partial charge on any atom is -0.489 e. The smallest absolute Gasteiger partial charge is 0.416 e. The summed E-state index contributed by atoms with van der Waals surface area (Å²) < 4.78 is 83.0. The highest BCUT2D eigenvalue weighted by Crippen LogP contribution is 2.46. The van der Waals surface area contributed by atoms with Gasteiger partial charge in [-0.05, 0) is 12.1 Å². The van der Waals surface area contributed by atoms with Crippen LogP contribution in [0.25, 0.3) is 5.57 Å². The zero-order valence-electron chi connectivity index (χ0n) is 11.9. The van der Waals surface area contributed by atoms with Gasteiger partial charge in [0, 0.05) is 17.3 Å². The first-order chi connectivity index (χ1) is 11.0. The molecule has 0 spiro atoms. The SMILES string of the molecule is FC(F)(F)CN1CCOc2cc3c(cc21)C(C(F)(F)F)=CC(Cl)N3. The molecule has 0 saturated heterocycles. The van der Waals surface area contributed by atoms with E-state index in [2.05, 4.69) is 5.32 Å². The number of hydrogen-bond donors (Lipinski definition) is 1. The summed E-state index contributed by atoms with van der Waals surface area (Å²) in [6, 6.07) is 2.31. The summed E-state index contributed by atoms with van der Waals surface area (Å²) in [5.41, 5.74) is -2.28. The van der Waals surface area contributed by atoms with Gasteiger partial charge in [-0.2, -0.15) is 26.3 Å². The molecule has 3 nitrogen and oxygen atoms in total. The van der Waals surface area contributed by atoms with Crippen molar-refractivity contribution in [1.29, 1.82) is 0 Å². The van der Waals surface area contributed by atoms with Crippen LogP contribution < -0.4 is 15.0 Å². The summed E-state index contributed by atoms with van der Waals surface area (Å²) in [5.74, 6) is 0.0871. The number of alkyl halides is 7. The van der Waals surface area contributed by atoms with Crippen molar-refractivity contribution < 1.29 is 31.1 Å². The molecule has 1 aromatic rings. The number of halogens is 7. The first kappa shape index (κ1) is 17.1. The molecule has 0 aliphatic carbocycles. The number of nitrogens with zero attached hydrogens (tertiary/aromatic N) is 1. The normalized spacial score (nSPS) is 20.5. The highest BCUT2D eigenvalue weighted by atomic mass is 35.5. The van der Waals surface area contributed by atoms with E-state index in [-0.39, 0.29) is 35.8 Å². The summed E-state index contributed by atoms with van der Waals surface area (Å²) in [4.78, 5) is 0.958. The first-order valence-electron chi connectivity index (χ1n) is 6.87. The van der Waals surface area contributed by atoms with Gasteiger partial charge in [-0.1, -0.05) is 11.6 Å². The van der Waals surface area contributed by atoms with Gasteiger partial charge in [0.1, 0.15) is 24.4 Å². The Bertz CT molecular complexity index is 685. The van der Waals surface area contributed by atoms with Crippen molar-refractivity contribution in [3.63, 3.8) is 0 Å². The van der Waals surface area contributed by atoms with E-state index in [1.165, 1.54) is 6.07 Å².